The Hall–Kier alpha value is -1.33. The number of aromatic nitrogens is 1. The molecule has 6 heteroatoms. The highest BCUT2D eigenvalue weighted by molar-refractivity contribution is 6.29. The molecular weight excluding hydrogens is 336 g/mol. The summed E-state index contributed by atoms with van der Waals surface area (Å²) in [6.07, 6.45) is 9.84. The van der Waals surface area contributed by atoms with Crippen LogP contribution < -0.4 is 10.6 Å². The normalized spacial score (nSPS) is 17.3. The van der Waals surface area contributed by atoms with Crippen molar-refractivity contribution >= 4 is 17.6 Å². The molecule has 1 aliphatic rings. The minimum Gasteiger partial charge on any atom is -0.373 e. The zero-order chi connectivity index (χ0) is 18.0. The number of nitrogens with zero attached hydrogens (tertiary/aromatic N) is 2. The van der Waals surface area contributed by atoms with Gasteiger partial charge in [0, 0.05) is 32.9 Å². The summed E-state index contributed by atoms with van der Waals surface area (Å²) in [4.78, 5) is 8.44. The van der Waals surface area contributed by atoms with Crippen molar-refractivity contribution in [1.29, 1.82) is 0 Å². The molecule has 1 aromatic rings. The van der Waals surface area contributed by atoms with E-state index in [9.17, 15) is 0 Å². The predicted octanol–water partition coefficient (Wildman–Crippen LogP) is 3.57. The maximum Gasteiger partial charge on any atom is 0.191 e. The zero-order valence-electron chi connectivity index (χ0n) is 15.5. The largest absolute Gasteiger partial charge is 0.373 e. The number of hydrogen-bond donors (Lipinski definition) is 2. The average molecular weight is 367 g/mol. The van der Waals surface area contributed by atoms with Crippen molar-refractivity contribution in [3.05, 3.63) is 29.0 Å². The molecule has 140 valence electrons. The standard InChI is InChI=1S/C19H31ClN4O/c1-3-13-25-19(10-5-4-6-11-19)15-24-18(21-2)22-12-9-16-7-8-17(20)23-14-16/h7-8,14H,3-6,9-13,15H2,1-2H3,(H2,21,22,24). The Morgan fingerprint density at radius 2 is 2.08 bits per heavy atom. The molecule has 0 amide bonds. The highest BCUT2D eigenvalue weighted by Gasteiger charge is 2.32. The van der Waals surface area contributed by atoms with Gasteiger partial charge in [0.05, 0.1) is 5.60 Å². The first-order chi connectivity index (χ1) is 12.2. The highest BCUT2D eigenvalue weighted by Crippen LogP contribution is 2.31. The summed E-state index contributed by atoms with van der Waals surface area (Å²) in [7, 11) is 1.81. The second-order valence-electron chi connectivity index (χ2n) is 6.68. The molecule has 1 fully saturated rings. The van der Waals surface area contributed by atoms with Crippen molar-refractivity contribution in [3.8, 4) is 0 Å². The quantitative estimate of drug-likeness (QED) is 0.419. The van der Waals surface area contributed by atoms with Gasteiger partial charge >= 0.3 is 0 Å². The first-order valence-electron chi connectivity index (χ1n) is 9.36. The molecule has 2 N–H and O–H groups in total. The Kier molecular flexibility index (Phi) is 8.49. The number of nitrogens with one attached hydrogen (secondary N) is 2. The lowest BCUT2D eigenvalue weighted by Crippen LogP contribution is -2.50. The monoisotopic (exact) mass is 366 g/mol. The first kappa shape index (κ1) is 20.0. The van der Waals surface area contributed by atoms with Gasteiger partial charge in [-0.3, -0.25) is 4.99 Å². The average Bonchev–Trinajstić information content (AvgIpc) is 2.65. The lowest BCUT2D eigenvalue weighted by atomic mass is 9.84. The lowest BCUT2D eigenvalue weighted by molar-refractivity contribution is -0.0657. The molecule has 0 atom stereocenters. The summed E-state index contributed by atoms with van der Waals surface area (Å²) in [5, 5.41) is 7.36. The topological polar surface area (TPSA) is 58.5 Å². The number of guanidine groups is 1. The van der Waals surface area contributed by atoms with Gasteiger partial charge in [0.1, 0.15) is 5.15 Å². The van der Waals surface area contributed by atoms with E-state index in [2.05, 4.69) is 27.5 Å². The Morgan fingerprint density at radius 3 is 2.72 bits per heavy atom. The second kappa shape index (κ2) is 10.6. The second-order valence-corrected chi connectivity index (χ2v) is 7.07. The fraction of sp³-hybridized carbons (Fsp3) is 0.684. The molecule has 5 nitrogen and oxygen atoms in total. The van der Waals surface area contributed by atoms with Crippen LogP contribution in [0.15, 0.2) is 23.3 Å². The molecule has 1 saturated carbocycles. The molecule has 1 aliphatic carbocycles. The minimum atomic E-state index is -0.0357. The van der Waals surface area contributed by atoms with Gasteiger partial charge in [-0.25, -0.2) is 4.98 Å². The van der Waals surface area contributed by atoms with Gasteiger partial charge in [0.25, 0.3) is 0 Å². The van der Waals surface area contributed by atoms with E-state index < -0.39 is 0 Å². The van der Waals surface area contributed by atoms with Gasteiger partial charge < -0.3 is 15.4 Å². The smallest absolute Gasteiger partial charge is 0.191 e. The lowest BCUT2D eigenvalue weighted by Gasteiger charge is -2.37. The molecule has 0 aromatic carbocycles. The molecule has 0 unspecified atom stereocenters. The van der Waals surface area contributed by atoms with Crippen LogP contribution in [0.4, 0.5) is 0 Å². The van der Waals surface area contributed by atoms with Gasteiger partial charge in [-0.05, 0) is 37.3 Å². The maximum atomic E-state index is 6.23. The van der Waals surface area contributed by atoms with Crippen molar-refractivity contribution in [1.82, 2.24) is 15.6 Å². The summed E-state index contributed by atoms with van der Waals surface area (Å²) in [6.45, 7) is 4.61. The van der Waals surface area contributed by atoms with Crippen LogP contribution in [0.3, 0.4) is 0 Å². The zero-order valence-corrected chi connectivity index (χ0v) is 16.2. The SMILES string of the molecule is CCCOC1(CNC(=NC)NCCc2ccc(Cl)nc2)CCCCC1. The van der Waals surface area contributed by atoms with Crippen LogP contribution in [0.5, 0.6) is 0 Å². The third-order valence-electron chi connectivity index (χ3n) is 4.67. The van der Waals surface area contributed by atoms with Crippen LogP contribution in [0, 0.1) is 0 Å². The number of hydrogen-bond acceptors (Lipinski definition) is 3. The third kappa shape index (κ3) is 6.83. The molecule has 1 aromatic heterocycles. The van der Waals surface area contributed by atoms with E-state index in [0.717, 1.165) is 56.9 Å². The molecule has 0 saturated heterocycles. The van der Waals surface area contributed by atoms with Crippen molar-refractivity contribution < 1.29 is 4.74 Å². The van der Waals surface area contributed by atoms with Gasteiger partial charge in [0.15, 0.2) is 5.96 Å². The minimum absolute atomic E-state index is 0.0357. The van der Waals surface area contributed by atoms with Crippen molar-refractivity contribution in [2.75, 3.05) is 26.7 Å². The van der Waals surface area contributed by atoms with Crippen molar-refractivity contribution in [2.45, 2.75) is 57.5 Å². The number of aliphatic imine (C=N–C) groups is 1. The van der Waals surface area contributed by atoms with Crippen LogP contribution in [0.2, 0.25) is 5.15 Å². The summed E-state index contributed by atoms with van der Waals surface area (Å²) in [5.41, 5.74) is 1.12. The Bertz CT molecular complexity index is 527. The van der Waals surface area contributed by atoms with E-state index in [1.165, 1.54) is 19.3 Å². The molecule has 2 rings (SSSR count). The molecule has 1 heterocycles. The van der Waals surface area contributed by atoms with Gasteiger partial charge in [-0.1, -0.05) is 43.9 Å². The first-order valence-corrected chi connectivity index (χ1v) is 9.74. The van der Waals surface area contributed by atoms with Crippen molar-refractivity contribution in [3.63, 3.8) is 0 Å². The summed E-state index contributed by atoms with van der Waals surface area (Å²) >= 11 is 5.82. The van der Waals surface area contributed by atoms with Crippen LogP contribution in [-0.4, -0.2) is 43.3 Å². The Balaban J connectivity index is 1.78. The van der Waals surface area contributed by atoms with Gasteiger partial charge in [-0.15, -0.1) is 0 Å². The molecule has 0 bridgehead atoms. The Morgan fingerprint density at radius 1 is 1.28 bits per heavy atom. The van der Waals surface area contributed by atoms with Crippen LogP contribution >= 0.6 is 11.6 Å². The summed E-state index contributed by atoms with van der Waals surface area (Å²) in [6, 6.07) is 3.82. The summed E-state index contributed by atoms with van der Waals surface area (Å²) in [5.74, 6) is 0.826. The van der Waals surface area contributed by atoms with E-state index in [4.69, 9.17) is 16.3 Å². The number of ether oxygens (including phenoxy) is 1. The maximum absolute atomic E-state index is 6.23. The molecule has 25 heavy (non-hydrogen) atoms. The molecule has 0 aliphatic heterocycles. The predicted molar refractivity (Wildman–Crippen MR) is 104 cm³/mol. The van der Waals surface area contributed by atoms with Gasteiger partial charge in [-0.2, -0.15) is 0 Å². The van der Waals surface area contributed by atoms with E-state index >= 15 is 0 Å². The summed E-state index contributed by atoms with van der Waals surface area (Å²) < 4.78 is 6.23. The van der Waals surface area contributed by atoms with E-state index in [-0.39, 0.29) is 5.60 Å². The fourth-order valence-corrected chi connectivity index (χ4v) is 3.34. The number of rotatable bonds is 8. The van der Waals surface area contributed by atoms with Crippen LogP contribution in [-0.2, 0) is 11.2 Å². The van der Waals surface area contributed by atoms with Crippen LogP contribution in [0.25, 0.3) is 0 Å². The van der Waals surface area contributed by atoms with E-state index in [1.54, 1.807) is 7.05 Å². The molecular formula is C19H31ClN4O. The van der Waals surface area contributed by atoms with E-state index in [0.29, 0.717) is 5.15 Å². The number of pyridine rings is 1. The highest BCUT2D eigenvalue weighted by atomic mass is 35.5. The van der Waals surface area contributed by atoms with Crippen LogP contribution in [0.1, 0.15) is 51.0 Å². The molecule has 0 spiro atoms. The van der Waals surface area contributed by atoms with Crippen molar-refractivity contribution in [2.24, 2.45) is 4.99 Å². The van der Waals surface area contributed by atoms with Gasteiger partial charge in [0.2, 0.25) is 0 Å². The fourth-order valence-electron chi connectivity index (χ4n) is 3.23. The number of halogens is 1. The molecule has 0 radical (unpaired) electrons. The van der Waals surface area contributed by atoms with E-state index in [1.807, 2.05) is 18.3 Å². The Labute approximate surface area is 156 Å². The third-order valence-corrected chi connectivity index (χ3v) is 4.90.